The summed E-state index contributed by atoms with van der Waals surface area (Å²) in [6, 6.07) is 12.1. The maximum atomic E-state index is 12.9. The van der Waals surface area contributed by atoms with Crippen LogP contribution in [0.4, 0.5) is 5.69 Å². The van der Waals surface area contributed by atoms with Gasteiger partial charge in [-0.15, -0.1) is 0 Å². The number of carbonyl (C=O) groups is 2. The van der Waals surface area contributed by atoms with Crippen LogP contribution < -0.4 is 14.4 Å². The van der Waals surface area contributed by atoms with Gasteiger partial charge in [-0.1, -0.05) is 19.1 Å². The first-order valence-corrected chi connectivity index (χ1v) is 10.8. The Kier molecular flexibility index (Phi) is 7.82. The zero-order valence-corrected chi connectivity index (χ0v) is 18.2. The highest BCUT2D eigenvalue weighted by molar-refractivity contribution is 7.92. The van der Waals surface area contributed by atoms with Crippen LogP contribution in [-0.4, -0.2) is 47.1 Å². The predicted octanol–water partition coefficient (Wildman–Crippen LogP) is 2.59. The van der Waals surface area contributed by atoms with Crippen LogP contribution in [0.25, 0.3) is 0 Å². The lowest BCUT2D eigenvalue weighted by molar-refractivity contribution is -0.124. The van der Waals surface area contributed by atoms with Gasteiger partial charge in [0.25, 0.3) is 15.9 Å². The highest BCUT2D eigenvalue weighted by Gasteiger charge is 2.24. The van der Waals surface area contributed by atoms with E-state index in [2.05, 4.69) is 5.32 Å². The quantitative estimate of drug-likeness (QED) is 0.609. The van der Waals surface area contributed by atoms with Crippen LogP contribution in [-0.2, 0) is 19.6 Å². The lowest BCUT2D eigenvalue weighted by Crippen LogP contribution is -2.35. The van der Waals surface area contributed by atoms with Crippen molar-refractivity contribution in [3.8, 4) is 5.75 Å². The summed E-state index contributed by atoms with van der Waals surface area (Å²) in [7, 11) is -0.989. The van der Waals surface area contributed by atoms with E-state index in [-0.39, 0.29) is 16.5 Å². The minimum atomic E-state index is -3.87. The Morgan fingerprint density at radius 2 is 1.73 bits per heavy atom. The molecule has 0 spiro atoms. The van der Waals surface area contributed by atoms with Crippen molar-refractivity contribution in [3.05, 3.63) is 54.1 Å². The van der Waals surface area contributed by atoms with Gasteiger partial charge in [-0.3, -0.25) is 9.10 Å². The number of esters is 1. The first kappa shape index (κ1) is 23.2. The van der Waals surface area contributed by atoms with Crippen molar-refractivity contribution >= 4 is 27.6 Å². The molecule has 162 valence electrons. The number of nitrogens with zero attached hydrogens (tertiary/aromatic N) is 1. The summed E-state index contributed by atoms with van der Waals surface area (Å²) in [5.41, 5.74) is 0.529. The molecule has 0 radical (unpaired) electrons. The van der Waals surface area contributed by atoms with Crippen molar-refractivity contribution in [2.45, 2.75) is 31.2 Å². The molecule has 0 saturated heterocycles. The second-order valence-electron chi connectivity index (χ2n) is 6.62. The van der Waals surface area contributed by atoms with Gasteiger partial charge in [0.05, 0.1) is 23.3 Å². The van der Waals surface area contributed by atoms with Crippen molar-refractivity contribution in [1.29, 1.82) is 0 Å². The summed E-state index contributed by atoms with van der Waals surface area (Å²) in [6.07, 6.45) is 0.763. The van der Waals surface area contributed by atoms with E-state index in [1.54, 1.807) is 24.3 Å². The van der Waals surface area contributed by atoms with Gasteiger partial charge in [0.2, 0.25) is 0 Å². The van der Waals surface area contributed by atoms with Crippen molar-refractivity contribution in [1.82, 2.24) is 5.32 Å². The highest BCUT2D eigenvalue weighted by Crippen LogP contribution is 2.30. The summed E-state index contributed by atoms with van der Waals surface area (Å²) in [5, 5.41) is 2.69. The van der Waals surface area contributed by atoms with E-state index in [9.17, 15) is 18.0 Å². The van der Waals surface area contributed by atoms with E-state index < -0.39 is 28.5 Å². The van der Waals surface area contributed by atoms with Gasteiger partial charge >= 0.3 is 5.97 Å². The van der Waals surface area contributed by atoms with Crippen LogP contribution in [0.3, 0.4) is 0 Å². The van der Waals surface area contributed by atoms with Crippen LogP contribution in [0.2, 0.25) is 0 Å². The van der Waals surface area contributed by atoms with Crippen LogP contribution in [0, 0.1) is 0 Å². The van der Waals surface area contributed by atoms with Crippen LogP contribution in [0.15, 0.2) is 53.4 Å². The Morgan fingerprint density at radius 3 is 2.33 bits per heavy atom. The summed E-state index contributed by atoms with van der Waals surface area (Å²) >= 11 is 0. The second-order valence-corrected chi connectivity index (χ2v) is 8.59. The number of ether oxygens (including phenoxy) is 2. The predicted molar refractivity (Wildman–Crippen MR) is 113 cm³/mol. The van der Waals surface area contributed by atoms with Gasteiger partial charge in [0, 0.05) is 13.1 Å². The fourth-order valence-corrected chi connectivity index (χ4v) is 3.78. The monoisotopic (exact) mass is 434 g/mol. The average molecular weight is 435 g/mol. The van der Waals surface area contributed by atoms with Gasteiger partial charge in [-0.05, 0) is 49.7 Å². The maximum absolute atomic E-state index is 12.9. The second kappa shape index (κ2) is 10.1. The number of anilines is 1. The molecule has 2 aromatic rings. The molecule has 9 heteroatoms. The van der Waals surface area contributed by atoms with Crippen LogP contribution >= 0.6 is 0 Å². The molecule has 0 heterocycles. The minimum absolute atomic E-state index is 0.00182. The standard InChI is InChI=1S/C21H26N2O6S/c1-5-15(2)22-20(24)14-29-21(25)16-10-12-17(13-11-16)30(26,27)23(3)18-8-6-7-9-19(18)28-4/h6-13,15H,5,14H2,1-4H3,(H,22,24)/t15-/m0/s1. The van der Waals surface area contributed by atoms with E-state index in [0.29, 0.717) is 11.4 Å². The molecular formula is C21H26N2O6S. The number of methoxy groups -OCH3 is 1. The molecule has 1 amide bonds. The lowest BCUT2D eigenvalue weighted by atomic mass is 10.2. The van der Waals surface area contributed by atoms with E-state index in [0.717, 1.165) is 10.7 Å². The number of sulfonamides is 1. The molecule has 0 aliphatic heterocycles. The molecule has 2 aromatic carbocycles. The number of benzene rings is 2. The summed E-state index contributed by atoms with van der Waals surface area (Å²) in [4.78, 5) is 23.8. The minimum Gasteiger partial charge on any atom is -0.495 e. The Balaban J connectivity index is 2.10. The third-order valence-corrected chi connectivity index (χ3v) is 6.31. The van der Waals surface area contributed by atoms with E-state index in [4.69, 9.17) is 9.47 Å². The fourth-order valence-electron chi connectivity index (χ4n) is 2.57. The molecule has 0 aromatic heterocycles. The normalized spacial score (nSPS) is 12.0. The molecule has 0 bridgehead atoms. The number of rotatable bonds is 9. The number of para-hydroxylation sites is 2. The van der Waals surface area contributed by atoms with Crippen LogP contribution in [0.5, 0.6) is 5.75 Å². The Morgan fingerprint density at radius 1 is 1.10 bits per heavy atom. The summed E-state index contributed by atoms with van der Waals surface area (Å²) in [6.45, 7) is 3.37. The van der Waals surface area contributed by atoms with Gasteiger partial charge in [-0.2, -0.15) is 0 Å². The zero-order valence-electron chi connectivity index (χ0n) is 17.4. The number of hydrogen-bond donors (Lipinski definition) is 1. The Labute approximate surface area is 176 Å². The van der Waals surface area contributed by atoms with Gasteiger partial charge in [0.1, 0.15) is 5.75 Å². The van der Waals surface area contributed by atoms with E-state index in [1.807, 2.05) is 13.8 Å². The maximum Gasteiger partial charge on any atom is 0.338 e. The Hall–Kier alpha value is -3.07. The average Bonchev–Trinajstić information content (AvgIpc) is 2.76. The SMILES string of the molecule is CC[C@H](C)NC(=O)COC(=O)c1ccc(S(=O)(=O)N(C)c2ccccc2OC)cc1. The van der Waals surface area contributed by atoms with Crippen molar-refractivity contribution in [2.24, 2.45) is 0 Å². The van der Waals surface area contributed by atoms with E-state index in [1.165, 1.54) is 38.4 Å². The highest BCUT2D eigenvalue weighted by atomic mass is 32.2. The summed E-state index contributed by atoms with van der Waals surface area (Å²) < 4.78 is 37.2. The first-order chi connectivity index (χ1) is 14.2. The van der Waals surface area contributed by atoms with Crippen LogP contribution in [0.1, 0.15) is 30.6 Å². The molecule has 1 atom stereocenters. The molecule has 1 N–H and O–H groups in total. The van der Waals surface area contributed by atoms with Gasteiger partial charge in [0.15, 0.2) is 6.61 Å². The first-order valence-electron chi connectivity index (χ1n) is 9.39. The number of carbonyl (C=O) groups excluding carboxylic acids is 2. The summed E-state index contributed by atoms with van der Waals surface area (Å²) in [5.74, 6) is -0.689. The fraction of sp³-hybridized carbons (Fsp3) is 0.333. The smallest absolute Gasteiger partial charge is 0.338 e. The van der Waals surface area contributed by atoms with Crippen molar-refractivity contribution in [3.63, 3.8) is 0 Å². The molecule has 0 fully saturated rings. The third-order valence-electron chi connectivity index (χ3n) is 4.53. The zero-order chi connectivity index (χ0) is 22.3. The number of hydrogen-bond acceptors (Lipinski definition) is 6. The Bertz CT molecular complexity index is 989. The molecular weight excluding hydrogens is 408 g/mol. The van der Waals surface area contributed by atoms with Gasteiger partial charge < -0.3 is 14.8 Å². The van der Waals surface area contributed by atoms with E-state index >= 15 is 0 Å². The molecule has 0 aliphatic carbocycles. The molecule has 8 nitrogen and oxygen atoms in total. The lowest BCUT2D eigenvalue weighted by Gasteiger charge is -2.21. The van der Waals surface area contributed by atoms with Crippen molar-refractivity contribution < 1.29 is 27.5 Å². The molecule has 2 rings (SSSR count). The number of nitrogens with one attached hydrogen (secondary N) is 1. The molecule has 0 saturated carbocycles. The van der Waals surface area contributed by atoms with Crippen molar-refractivity contribution in [2.75, 3.05) is 25.1 Å². The molecule has 30 heavy (non-hydrogen) atoms. The topological polar surface area (TPSA) is 102 Å². The van der Waals surface area contributed by atoms with Gasteiger partial charge in [-0.25, -0.2) is 13.2 Å². The largest absolute Gasteiger partial charge is 0.495 e. The molecule has 0 aliphatic rings. The number of amides is 1. The molecule has 0 unspecified atom stereocenters. The third kappa shape index (κ3) is 5.50.